The van der Waals surface area contributed by atoms with E-state index in [4.69, 9.17) is 20.5 Å². The molecule has 0 spiro atoms. The number of aromatic nitrogens is 1. The Balaban J connectivity index is 1.83. The molecule has 0 radical (unpaired) electrons. The van der Waals surface area contributed by atoms with Crippen LogP contribution in [0.4, 0.5) is 10.2 Å². The summed E-state index contributed by atoms with van der Waals surface area (Å²) < 4.78 is 24.4. The molecule has 1 atom stereocenters. The largest absolute Gasteiger partial charge is 0.450 e. The van der Waals surface area contributed by atoms with Crippen molar-refractivity contribution >= 4 is 34.3 Å². The van der Waals surface area contributed by atoms with Crippen LogP contribution in [-0.2, 0) is 0 Å². The Morgan fingerprint density at radius 3 is 2.55 bits per heavy atom. The van der Waals surface area contributed by atoms with Crippen molar-refractivity contribution in [1.29, 1.82) is 0 Å². The molecule has 2 aromatic carbocycles. The molecule has 1 aliphatic rings. The van der Waals surface area contributed by atoms with Crippen LogP contribution in [0.25, 0.3) is 11.0 Å². The van der Waals surface area contributed by atoms with Gasteiger partial charge in [0, 0.05) is 11.1 Å². The number of rotatable bonds is 2. The van der Waals surface area contributed by atoms with E-state index in [1.54, 1.807) is 25.1 Å². The summed E-state index contributed by atoms with van der Waals surface area (Å²) in [4.78, 5) is 27.9. The summed E-state index contributed by atoms with van der Waals surface area (Å²) in [6.07, 6.45) is 0. The van der Waals surface area contributed by atoms with Gasteiger partial charge in [0.25, 0.3) is 5.91 Å². The van der Waals surface area contributed by atoms with Crippen molar-refractivity contribution in [2.24, 2.45) is 0 Å². The molecule has 0 N–H and O–H groups in total. The number of carbonyl (C=O) groups is 1. The first-order valence-electron chi connectivity index (χ1n) is 8.72. The Hall–Kier alpha value is -3.45. The normalized spacial score (nSPS) is 15.9. The summed E-state index contributed by atoms with van der Waals surface area (Å²) in [6.45, 7) is 1.69. The predicted molar refractivity (Wildman–Crippen MR) is 104 cm³/mol. The van der Waals surface area contributed by atoms with E-state index in [0.29, 0.717) is 16.3 Å². The maximum atomic E-state index is 13.5. The Morgan fingerprint density at radius 1 is 1.10 bits per heavy atom. The van der Waals surface area contributed by atoms with Gasteiger partial charge in [-0.05, 0) is 42.8 Å². The first kappa shape index (κ1) is 17.6. The summed E-state index contributed by atoms with van der Waals surface area (Å²) in [5.41, 5.74) is 0.557. The fraction of sp³-hybridized carbons (Fsp3) is 0.0952. The Kier molecular flexibility index (Phi) is 3.82. The minimum absolute atomic E-state index is 0.0835. The molecule has 8 heteroatoms. The first-order chi connectivity index (χ1) is 13.9. The molecule has 2 aromatic heterocycles. The monoisotopic (exact) mass is 410 g/mol. The van der Waals surface area contributed by atoms with Crippen molar-refractivity contribution in [3.05, 3.63) is 92.2 Å². The fourth-order valence-electron chi connectivity index (χ4n) is 3.61. The minimum Gasteiger partial charge on any atom is -0.450 e. The molecule has 0 saturated heterocycles. The zero-order chi connectivity index (χ0) is 20.3. The molecule has 0 aliphatic carbocycles. The summed E-state index contributed by atoms with van der Waals surface area (Å²) in [5, 5.41) is 4.56. The Labute approximate surface area is 168 Å². The third-order valence-electron chi connectivity index (χ3n) is 4.88. The summed E-state index contributed by atoms with van der Waals surface area (Å²) in [5.74, 6) is -0.316. The second kappa shape index (κ2) is 6.28. The second-order valence-corrected chi connectivity index (χ2v) is 7.18. The summed E-state index contributed by atoms with van der Waals surface area (Å²) in [7, 11) is 0. The van der Waals surface area contributed by atoms with E-state index in [0.717, 1.165) is 0 Å². The van der Waals surface area contributed by atoms with Gasteiger partial charge >= 0.3 is 0 Å². The van der Waals surface area contributed by atoms with Crippen LogP contribution < -0.4 is 10.3 Å². The zero-order valence-electron chi connectivity index (χ0n) is 15.0. The van der Waals surface area contributed by atoms with Crippen LogP contribution >= 0.6 is 11.6 Å². The number of halogens is 2. The average Bonchev–Trinajstić information content (AvgIpc) is 3.25. The molecule has 144 valence electrons. The van der Waals surface area contributed by atoms with Gasteiger partial charge < -0.3 is 8.94 Å². The third-order valence-corrected chi connectivity index (χ3v) is 5.12. The average molecular weight is 411 g/mol. The van der Waals surface area contributed by atoms with Crippen molar-refractivity contribution in [1.82, 2.24) is 5.16 Å². The number of hydrogen-bond donors (Lipinski definition) is 0. The number of fused-ring (bicyclic) bond motifs is 2. The molecule has 0 fully saturated rings. The van der Waals surface area contributed by atoms with Crippen molar-refractivity contribution in [3.8, 4) is 0 Å². The van der Waals surface area contributed by atoms with Crippen LogP contribution in [0, 0.1) is 12.7 Å². The topological polar surface area (TPSA) is 76.6 Å². The molecule has 0 unspecified atom stereocenters. The molecule has 0 bridgehead atoms. The van der Waals surface area contributed by atoms with Gasteiger partial charge in [-0.3, -0.25) is 14.5 Å². The fourth-order valence-corrected chi connectivity index (χ4v) is 3.78. The van der Waals surface area contributed by atoms with Crippen LogP contribution in [0.1, 0.15) is 33.5 Å². The molecule has 29 heavy (non-hydrogen) atoms. The van der Waals surface area contributed by atoms with E-state index < -0.39 is 17.8 Å². The molecule has 5 rings (SSSR count). The number of benzene rings is 2. The van der Waals surface area contributed by atoms with Crippen LogP contribution in [0.15, 0.2) is 62.3 Å². The number of aryl methyl sites for hydroxylation is 1. The summed E-state index contributed by atoms with van der Waals surface area (Å²) in [6, 6.07) is 10.9. The maximum Gasteiger partial charge on any atom is 0.296 e. The second-order valence-electron chi connectivity index (χ2n) is 6.74. The van der Waals surface area contributed by atoms with Crippen molar-refractivity contribution in [2.75, 3.05) is 4.90 Å². The molecule has 0 saturated carbocycles. The van der Waals surface area contributed by atoms with E-state index in [1.807, 2.05) is 0 Å². The molecule has 4 aromatic rings. The maximum absolute atomic E-state index is 13.5. The smallest absolute Gasteiger partial charge is 0.296 e. The van der Waals surface area contributed by atoms with E-state index >= 15 is 0 Å². The van der Waals surface area contributed by atoms with Gasteiger partial charge in [0.1, 0.15) is 17.2 Å². The first-order valence-corrected chi connectivity index (χ1v) is 9.10. The van der Waals surface area contributed by atoms with E-state index in [2.05, 4.69) is 5.16 Å². The van der Waals surface area contributed by atoms with Crippen LogP contribution in [0.3, 0.4) is 0 Å². The lowest BCUT2D eigenvalue weighted by Gasteiger charge is -2.22. The van der Waals surface area contributed by atoms with Crippen LogP contribution in [0.2, 0.25) is 5.02 Å². The van der Waals surface area contributed by atoms with Crippen molar-refractivity contribution < 1.29 is 18.1 Å². The molecule has 3 heterocycles. The van der Waals surface area contributed by atoms with E-state index in [9.17, 15) is 14.0 Å². The molecule has 6 nitrogen and oxygen atoms in total. The lowest BCUT2D eigenvalue weighted by atomic mass is 9.98. The number of nitrogens with zero attached hydrogens (tertiary/aromatic N) is 2. The highest BCUT2D eigenvalue weighted by molar-refractivity contribution is 6.31. The molecular formula is C21H12ClFN2O4. The zero-order valence-corrected chi connectivity index (χ0v) is 15.7. The standard InChI is InChI=1S/C21H12ClFN2O4/c1-10-8-16(24-29-10)25-18(11-2-5-13(23)6-3-11)17-19(26)14-9-12(22)4-7-15(14)28-20(17)21(25)27/h2-9,18H,1H3/t18-/m1/s1. The molecule has 1 aliphatic heterocycles. The number of anilines is 1. The van der Waals surface area contributed by atoms with E-state index in [1.165, 1.54) is 35.2 Å². The van der Waals surface area contributed by atoms with Gasteiger partial charge in [0.05, 0.1) is 17.0 Å². The van der Waals surface area contributed by atoms with Crippen LogP contribution in [-0.4, -0.2) is 11.1 Å². The Bertz CT molecular complexity index is 1340. The number of amides is 1. The van der Waals surface area contributed by atoms with Gasteiger partial charge in [-0.25, -0.2) is 4.39 Å². The highest BCUT2D eigenvalue weighted by Crippen LogP contribution is 2.41. The highest BCUT2D eigenvalue weighted by Gasteiger charge is 2.44. The third kappa shape index (κ3) is 2.66. The summed E-state index contributed by atoms with van der Waals surface area (Å²) >= 11 is 6.05. The molecule has 1 amide bonds. The lowest BCUT2D eigenvalue weighted by Crippen LogP contribution is -2.29. The number of hydrogen-bond acceptors (Lipinski definition) is 5. The highest BCUT2D eigenvalue weighted by atomic mass is 35.5. The van der Waals surface area contributed by atoms with Gasteiger partial charge in [-0.1, -0.05) is 28.9 Å². The quantitative estimate of drug-likeness (QED) is 0.481. The number of carbonyl (C=O) groups excluding carboxylic acids is 1. The lowest BCUT2D eigenvalue weighted by molar-refractivity contribution is 0.0969. The van der Waals surface area contributed by atoms with Gasteiger partial charge in [-0.15, -0.1) is 0 Å². The van der Waals surface area contributed by atoms with Crippen molar-refractivity contribution in [2.45, 2.75) is 13.0 Å². The van der Waals surface area contributed by atoms with Gasteiger partial charge in [0.15, 0.2) is 11.2 Å². The van der Waals surface area contributed by atoms with Gasteiger partial charge in [0.2, 0.25) is 5.76 Å². The van der Waals surface area contributed by atoms with E-state index in [-0.39, 0.29) is 33.5 Å². The van der Waals surface area contributed by atoms with Gasteiger partial charge in [-0.2, -0.15) is 0 Å². The Morgan fingerprint density at radius 2 is 1.86 bits per heavy atom. The molecular weight excluding hydrogens is 399 g/mol. The predicted octanol–water partition coefficient (Wildman–Crippen LogP) is 4.63. The van der Waals surface area contributed by atoms with Crippen molar-refractivity contribution in [3.63, 3.8) is 0 Å². The van der Waals surface area contributed by atoms with Crippen LogP contribution in [0.5, 0.6) is 0 Å². The minimum atomic E-state index is -0.845. The SMILES string of the molecule is Cc1cc(N2C(=O)c3oc4ccc(Cl)cc4c(=O)c3[C@H]2c2ccc(F)cc2)no1.